The number of hydrogen-bond donors (Lipinski definition) is 0. The molecule has 0 aromatic heterocycles. The predicted octanol–water partition coefficient (Wildman–Crippen LogP) is 11.2. The predicted molar refractivity (Wildman–Crippen MR) is 171 cm³/mol. The molecule has 40 heavy (non-hydrogen) atoms. The third-order valence-corrected chi connectivity index (χ3v) is 8.21. The second kappa shape index (κ2) is 28.1. The maximum atomic E-state index is 12.3. The van der Waals surface area contributed by atoms with Crippen LogP contribution in [0.4, 0.5) is 0 Å². The van der Waals surface area contributed by atoms with E-state index < -0.39 is 0 Å². The van der Waals surface area contributed by atoms with Gasteiger partial charge in [-0.25, -0.2) is 0 Å². The lowest BCUT2D eigenvalue weighted by Crippen LogP contribution is -2.17. The zero-order valence-corrected chi connectivity index (χ0v) is 27.9. The molecular weight excluding hydrogens is 496 g/mol. The van der Waals surface area contributed by atoms with Crippen molar-refractivity contribution in [1.82, 2.24) is 0 Å². The van der Waals surface area contributed by atoms with E-state index in [0.717, 1.165) is 56.8 Å². The monoisotopic (exact) mass is 567 g/mol. The summed E-state index contributed by atoms with van der Waals surface area (Å²) in [6, 6.07) is 0. The Morgan fingerprint density at radius 3 is 1.25 bits per heavy atom. The molecule has 0 aromatic rings. The number of ether oxygens (including phenoxy) is 2. The Hall–Kier alpha value is -1.06. The van der Waals surface area contributed by atoms with E-state index in [1.807, 2.05) is 0 Å². The Labute approximate surface area is 250 Å². The quantitative estimate of drug-likeness (QED) is 0.0667. The van der Waals surface area contributed by atoms with Gasteiger partial charge in [0.25, 0.3) is 0 Å². The van der Waals surface area contributed by atoms with Gasteiger partial charge >= 0.3 is 11.9 Å². The van der Waals surface area contributed by atoms with Crippen molar-refractivity contribution < 1.29 is 19.1 Å². The van der Waals surface area contributed by atoms with Crippen molar-refractivity contribution in [2.75, 3.05) is 13.2 Å². The van der Waals surface area contributed by atoms with Crippen LogP contribution in [0.5, 0.6) is 0 Å². The highest BCUT2D eigenvalue weighted by atomic mass is 16.5. The van der Waals surface area contributed by atoms with Crippen LogP contribution in [0.3, 0.4) is 0 Å². The first-order valence-electron chi connectivity index (χ1n) is 17.5. The Kier molecular flexibility index (Phi) is 27.3. The van der Waals surface area contributed by atoms with Crippen LogP contribution in [0.1, 0.15) is 183 Å². The normalized spacial score (nSPS) is 12.4. The molecule has 0 bridgehead atoms. The Bertz CT molecular complexity index is 569. The fourth-order valence-electron chi connectivity index (χ4n) is 5.32. The van der Waals surface area contributed by atoms with Crippen LogP contribution in [-0.2, 0) is 19.1 Å². The lowest BCUT2D eigenvalue weighted by atomic mass is 9.87. The minimum absolute atomic E-state index is 0.00574. The molecule has 4 heteroatoms. The largest absolute Gasteiger partial charge is 0.466 e. The molecule has 0 heterocycles. The van der Waals surface area contributed by atoms with E-state index in [4.69, 9.17) is 9.47 Å². The number of carbonyl (C=O) groups excluding carboxylic acids is 2. The van der Waals surface area contributed by atoms with E-state index in [9.17, 15) is 9.59 Å². The SMILES string of the molecule is CC(C)CCCCOC(=O)CCCCCCCCCCCCCCCC(CC(=O)OCCCCC(C)C)C(C)C. The smallest absolute Gasteiger partial charge is 0.306 e. The van der Waals surface area contributed by atoms with Crippen molar-refractivity contribution in [2.45, 2.75) is 183 Å². The second-order valence-corrected chi connectivity index (χ2v) is 13.6. The molecule has 0 saturated carbocycles. The highest BCUT2D eigenvalue weighted by Gasteiger charge is 2.18. The standard InChI is InChI=1S/C36H70O4/c1-31(2)24-20-22-28-39-35(37)27-19-17-15-13-11-9-7-8-10-12-14-16-18-26-34(33(5)6)30-36(38)40-29-23-21-25-32(3)4/h31-34H,7-30H2,1-6H3. The van der Waals surface area contributed by atoms with Gasteiger partial charge in [-0.05, 0) is 62.2 Å². The van der Waals surface area contributed by atoms with Crippen molar-refractivity contribution in [1.29, 1.82) is 0 Å². The summed E-state index contributed by atoms with van der Waals surface area (Å²) < 4.78 is 10.8. The van der Waals surface area contributed by atoms with Crippen molar-refractivity contribution in [3.05, 3.63) is 0 Å². The van der Waals surface area contributed by atoms with E-state index in [1.165, 1.54) is 83.5 Å². The van der Waals surface area contributed by atoms with Crippen LogP contribution in [-0.4, -0.2) is 25.2 Å². The van der Waals surface area contributed by atoms with Gasteiger partial charge in [0.05, 0.1) is 13.2 Å². The topological polar surface area (TPSA) is 52.6 Å². The summed E-state index contributed by atoms with van der Waals surface area (Å²) in [5, 5.41) is 0. The molecule has 0 spiro atoms. The fraction of sp³-hybridized carbons (Fsp3) is 0.944. The van der Waals surface area contributed by atoms with Crippen LogP contribution in [0.2, 0.25) is 0 Å². The summed E-state index contributed by atoms with van der Waals surface area (Å²) in [7, 11) is 0. The summed E-state index contributed by atoms with van der Waals surface area (Å²) >= 11 is 0. The summed E-state index contributed by atoms with van der Waals surface area (Å²) in [6.07, 6.45) is 25.7. The molecule has 1 unspecified atom stereocenters. The van der Waals surface area contributed by atoms with Gasteiger partial charge < -0.3 is 9.47 Å². The summed E-state index contributed by atoms with van der Waals surface area (Å²) in [5.41, 5.74) is 0. The number of carbonyl (C=O) groups is 2. The molecule has 238 valence electrons. The second-order valence-electron chi connectivity index (χ2n) is 13.6. The highest BCUT2D eigenvalue weighted by molar-refractivity contribution is 5.69. The van der Waals surface area contributed by atoms with Crippen LogP contribution in [0.25, 0.3) is 0 Å². The van der Waals surface area contributed by atoms with E-state index in [1.54, 1.807) is 0 Å². The maximum absolute atomic E-state index is 12.3. The average molecular weight is 567 g/mol. The maximum Gasteiger partial charge on any atom is 0.306 e. The molecule has 0 amide bonds. The van der Waals surface area contributed by atoms with E-state index in [-0.39, 0.29) is 11.9 Å². The zero-order chi connectivity index (χ0) is 29.8. The highest BCUT2D eigenvalue weighted by Crippen LogP contribution is 2.24. The van der Waals surface area contributed by atoms with Crippen LogP contribution >= 0.6 is 0 Å². The first-order valence-corrected chi connectivity index (χ1v) is 17.5. The molecule has 1 atom stereocenters. The van der Waals surface area contributed by atoms with Gasteiger partial charge in [-0.1, -0.05) is 131 Å². The first-order chi connectivity index (χ1) is 19.2. The molecule has 0 aromatic carbocycles. The van der Waals surface area contributed by atoms with Gasteiger partial charge in [0, 0.05) is 12.8 Å². The molecule has 0 N–H and O–H groups in total. The molecule has 0 aliphatic heterocycles. The van der Waals surface area contributed by atoms with Crippen LogP contribution in [0.15, 0.2) is 0 Å². The van der Waals surface area contributed by atoms with Gasteiger partial charge in [0.2, 0.25) is 0 Å². The minimum atomic E-state index is -0.00718. The first kappa shape index (κ1) is 38.9. The van der Waals surface area contributed by atoms with E-state index in [0.29, 0.717) is 37.9 Å². The van der Waals surface area contributed by atoms with Crippen molar-refractivity contribution in [3.8, 4) is 0 Å². The van der Waals surface area contributed by atoms with Crippen LogP contribution in [0, 0.1) is 23.7 Å². The minimum Gasteiger partial charge on any atom is -0.466 e. The number of rotatable bonds is 29. The van der Waals surface area contributed by atoms with Crippen molar-refractivity contribution in [2.24, 2.45) is 23.7 Å². The average Bonchev–Trinajstić information content (AvgIpc) is 2.89. The summed E-state index contributed by atoms with van der Waals surface area (Å²) in [5.74, 6) is 2.46. The zero-order valence-electron chi connectivity index (χ0n) is 27.9. The van der Waals surface area contributed by atoms with Crippen molar-refractivity contribution in [3.63, 3.8) is 0 Å². The summed E-state index contributed by atoms with van der Waals surface area (Å²) in [6.45, 7) is 14.6. The molecule has 0 saturated heterocycles. The number of hydrogen-bond acceptors (Lipinski definition) is 4. The Morgan fingerprint density at radius 1 is 0.450 bits per heavy atom. The van der Waals surface area contributed by atoms with Crippen LogP contribution < -0.4 is 0 Å². The Morgan fingerprint density at radius 2 is 0.825 bits per heavy atom. The molecule has 4 nitrogen and oxygen atoms in total. The van der Waals surface area contributed by atoms with Gasteiger partial charge in [0.1, 0.15) is 0 Å². The number of unbranched alkanes of at least 4 members (excludes halogenated alkanes) is 14. The molecule has 0 fully saturated rings. The van der Waals surface area contributed by atoms with Crippen molar-refractivity contribution >= 4 is 11.9 Å². The van der Waals surface area contributed by atoms with Gasteiger partial charge in [-0.2, -0.15) is 0 Å². The third-order valence-electron chi connectivity index (χ3n) is 8.21. The van der Waals surface area contributed by atoms with Gasteiger partial charge in [-0.3, -0.25) is 9.59 Å². The number of esters is 2. The molecular formula is C36H70O4. The lowest BCUT2D eigenvalue weighted by molar-refractivity contribution is -0.145. The molecule has 0 aliphatic carbocycles. The molecule has 0 rings (SSSR count). The van der Waals surface area contributed by atoms with E-state index in [2.05, 4.69) is 41.5 Å². The van der Waals surface area contributed by atoms with Gasteiger partial charge in [-0.15, -0.1) is 0 Å². The Balaban J connectivity index is 3.49. The molecule has 0 radical (unpaired) electrons. The fourth-order valence-corrected chi connectivity index (χ4v) is 5.32. The summed E-state index contributed by atoms with van der Waals surface area (Å²) in [4.78, 5) is 24.0. The van der Waals surface area contributed by atoms with E-state index >= 15 is 0 Å². The van der Waals surface area contributed by atoms with Gasteiger partial charge in [0.15, 0.2) is 0 Å². The molecule has 0 aliphatic rings. The lowest BCUT2D eigenvalue weighted by Gasteiger charge is -2.20. The third kappa shape index (κ3) is 28.5.